The van der Waals surface area contributed by atoms with E-state index in [1.807, 2.05) is 0 Å². The number of nitrogens with two attached hydrogens (primary N) is 2. The molecule has 1 aromatic carbocycles. The normalized spacial score (nSPS) is 9.67. The number of nitrogen functional groups attached to an aromatic ring is 2. The van der Waals surface area contributed by atoms with Crippen molar-refractivity contribution in [1.29, 1.82) is 0 Å². The Morgan fingerprint density at radius 2 is 1.83 bits per heavy atom. The van der Waals surface area contributed by atoms with Crippen LogP contribution >= 0.6 is 0 Å². The number of nitro groups is 1. The molecule has 0 bridgehead atoms. The van der Waals surface area contributed by atoms with Crippen LogP contribution in [0.4, 0.5) is 11.4 Å². The van der Waals surface area contributed by atoms with Crippen LogP contribution in [0.15, 0.2) is 18.2 Å². The van der Waals surface area contributed by atoms with Gasteiger partial charge in [-0.05, 0) is 12.1 Å². The summed E-state index contributed by atoms with van der Waals surface area (Å²) in [5, 5.41) is 10.2. The summed E-state index contributed by atoms with van der Waals surface area (Å²) in [6.07, 6.45) is 0. The number of rotatable bonds is 2. The summed E-state index contributed by atoms with van der Waals surface area (Å²) in [6, 6.07) is 4.85. The van der Waals surface area contributed by atoms with Crippen LogP contribution in [0.1, 0.15) is 5.56 Å². The van der Waals surface area contributed by atoms with E-state index in [-0.39, 0.29) is 6.54 Å². The fourth-order valence-corrected chi connectivity index (χ4v) is 0.935. The van der Waals surface area contributed by atoms with Gasteiger partial charge in [-0.15, -0.1) is 0 Å². The first-order chi connectivity index (χ1) is 5.61. The Balaban J connectivity index is 3.04. The molecule has 0 unspecified atom stereocenters. The number of benzene rings is 1. The lowest BCUT2D eigenvalue weighted by molar-refractivity contribution is -0.496. The highest BCUT2D eigenvalue weighted by Crippen LogP contribution is 2.19. The van der Waals surface area contributed by atoms with Gasteiger partial charge in [0.2, 0.25) is 6.54 Å². The first-order valence-corrected chi connectivity index (χ1v) is 3.36. The molecule has 0 fully saturated rings. The van der Waals surface area contributed by atoms with Gasteiger partial charge in [-0.1, -0.05) is 6.07 Å². The average molecular weight is 167 g/mol. The second kappa shape index (κ2) is 3.08. The zero-order valence-corrected chi connectivity index (χ0v) is 6.36. The summed E-state index contributed by atoms with van der Waals surface area (Å²) in [6.45, 7) is -0.321. The quantitative estimate of drug-likeness (QED) is 0.383. The SMILES string of the molecule is Nc1cccc(N)c1C[N+](=O)[O-]. The second-order valence-corrected chi connectivity index (χ2v) is 2.41. The number of nitrogens with zero attached hydrogens (tertiary/aromatic N) is 1. The van der Waals surface area contributed by atoms with Crippen LogP contribution in [0.5, 0.6) is 0 Å². The lowest BCUT2D eigenvalue weighted by atomic mass is 10.1. The number of hydrogen-bond donors (Lipinski definition) is 2. The molecule has 0 saturated heterocycles. The average Bonchev–Trinajstić information content (AvgIpc) is 1.97. The maximum atomic E-state index is 10.2. The third kappa shape index (κ3) is 1.63. The predicted molar refractivity (Wildman–Crippen MR) is 46.0 cm³/mol. The summed E-state index contributed by atoms with van der Waals surface area (Å²) >= 11 is 0. The molecule has 1 aromatic rings. The van der Waals surface area contributed by atoms with Crippen LogP contribution in [0.25, 0.3) is 0 Å². The topological polar surface area (TPSA) is 95.2 Å². The van der Waals surface area contributed by atoms with E-state index in [4.69, 9.17) is 11.5 Å². The molecule has 64 valence electrons. The maximum absolute atomic E-state index is 10.2. The largest absolute Gasteiger partial charge is 0.398 e. The van der Waals surface area contributed by atoms with Crippen molar-refractivity contribution in [3.05, 3.63) is 33.9 Å². The van der Waals surface area contributed by atoms with Crippen LogP contribution in [0, 0.1) is 10.1 Å². The monoisotopic (exact) mass is 167 g/mol. The standard InChI is InChI=1S/C7H9N3O2/c8-6-2-1-3-7(9)5(6)4-10(11)12/h1-3H,4,8-9H2. The smallest absolute Gasteiger partial charge is 0.232 e. The Labute approximate surface area is 69.1 Å². The minimum Gasteiger partial charge on any atom is -0.398 e. The highest BCUT2D eigenvalue weighted by Gasteiger charge is 2.08. The van der Waals surface area contributed by atoms with E-state index >= 15 is 0 Å². The second-order valence-electron chi connectivity index (χ2n) is 2.41. The molecule has 0 saturated carbocycles. The third-order valence-electron chi connectivity index (χ3n) is 1.54. The zero-order chi connectivity index (χ0) is 9.14. The molecule has 5 nitrogen and oxygen atoms in total. The van der Waals surface area contributed by atoms with E-state index in [9.17, 15) is 10.1 Å². The molecular formula is C7H9N3O2. The molecule has 12 heavy (non-hydrogen) atoms. The van der Waals surface area contributed by atoms with Crippen LogP contribution in [-0.2, 0) is 6.54 Å². The van der Waals surface area contributed by atoms with Gasteiger partial charge in [-0.25, -0.2) is 0 Å². The first-order valence-electron chi connectivity index (χ1n) is 3.36. The fraction of sp³-hybridized carbons (Fsp3) is 0.143. The molecule has 5 heteroatoms. The van der Waals surface area contributed by atoms with Gasteiger partial charge >= 0.3 is 0 Å². The van der Waals surface area contributed by atoms with Crippen molar-refractivity contribution in [2.24, 2.45) is 0 Å². The first kappa shape index (κ1) is 8.32. The predicted octanol–water partition coefficient (Wildman–Crippen LogP) is 0.628. The Kier molecular flexibility index (Phi) is 2.14. The molecule has 0 aliphatic rings. The lowest BCUT2D eigenvalue weighted by Crippen LogP contribution is -2.05. The van der Waals surface area contributed by atoms with Crippen LogP contribution in [0.3, 0.4) is 0 Å². The summed E-state index contributed by atoms with van der Waals surface area (Å²) in [5.41, 5.74) is 12.1. The Morgan fingerprint density at radius 1 is 1.33 bits per heavy atom. The minimum atomic E-state index is -0.456. The van der Waals surface area contributed by atoms with Gasteiger partial charge in [0.1, 0.15) is 0 Å². The minimum absolute atomic E-state index is 0.321. The molecule has 0 radical (unpaired) electrons. The molecule has 0 spiro atoms. The molecular weight excluding hydrogens is 158 g/mol. The highest BCUT2D eigenvalue weighted by molar-refractivity contribution is 5.60. The van der Waals surface area contributed by atoms with Crippen LogP contribution < -0.4 is 11.5 Å². The van der Waals surface area contributed by atoms with Crippen LogP contribution in [0.2, 0.25) is 0 Å². The van der Waals surface area contributed by atoms with E-state index in [0.717, 1.165) is 0 Å². The fourth-order valence-electron chi connectivity index (χ4n) is 0.935. The molecule has 0 aliphatic heterocycles. The van der Waals surface area contributed by atoms with Gasteiger partial charge in [-0.2, -0.15) is 0 Å². The summed E-state index contributed by atoms with van der Waals surface area (Å²) in [7, 11) is 0. The van der Waals surface area contributed by atoms with Crippen LogP contribution in [-0.4, -0.2) is 4.92 Å². The van der Waals surface area contributed by atoms with Crippen molar-refractivity contribution in [3.8, 4) is 0 Å². The van der Waals surface area contributed by atoms with Gasteiger partial charge in [0.05, 0.1) is 5.56 Å². The van der Waals surface area contributed by atoms with Gasteiger partial charge in [-0.3, -0.25) is 10.1 Å². The Morgan fingerprint density at radius 3 is 2.25 bits per heavy atom. The summed E-state index contributed by atoms with van der Waals surface area (Å²) in [4.78, 5) is 9.71. The van der Waals surface area contributed by atoms with Crippen molar-refractivity contribution in [3.63, 3.8) is 0 Å². The lowest BCUT2D eigenvalue weighted by Gasteiger charge is -2.03. The number of hydrogen-bond acceptors (Lipinski definition) is 4. The van der Waals surface area contributed by atoms with Crippen molar-refractivity contribution < 1.29 is 4.92 Å². The third-order valence-corrected chi connectivity index (χ3v) is 1.54. The van der Waals surface area contributed by atoms with Crippen molar-refractivity contribution in [2.45, 2.75) is 6.54 Å². The molecule has 0 atom stereocenters. The van der Waals surface area contributed by atoms with E-state index < -0.39 is 4.92 Å². The molecule has 0 heterocycles. The molecule has 0 aromatic heterocycles. The molecule has 0 aliphatic carbocycles. The highest BCUT2D eigenvalue weighted by atomic mass is 16.6. The van der Waals surface area contributed by atoms with Crippen molar-refractivity contribution >= 4 is 11.4 Å². The van der Waals surface area contributed by atoms with Gasteiger partial charge in [0, 0.05) is 16.3 Å². The van der Waals surface area contributed by atoms with Crippen molar-refractivity contribution in [1.82, 2.24) is 0 Å². The summed E-state index contributed by atoms with van der Waals surface area (Å²) in [5.74, 6) is 0. The Bertz CT molecular complexity index is 291. The Hall–Kier alpha value is -1.78. The molecule has 1 rings (SSSR count). The zero-order valence-electron chi connectivity index (χ0n) is 6.36. The molecule has 0 amide bonds. The van der Waals surface area contributed by atoms with Gasteiger partial charge in [0.25, 0.3) is 0 Å². The van der Waals surface area contributed by atoms with Gasteiger partial charge in [0.15, 0.2) is 0 Å². The van der Waals surface area contributed by atoms with E-state index in [1.165, 1.54) is 0 Å². The van der Waals surface area contributed by atoms with E-state index in [0.29, 0.717) is 16.9 Å². The number of anilines is 2. The van der Waals surface area contributed by atoms with E-state index in [1.54, 1.807) is 18.2 Å². The molecule has 4 N–H and O–H groups in total. The van der Waals surface area contributed by atoms with Crippen molar-refractivity contribution in [2.75, 3.05) is 11.5 Å². The van der Waals surface area contributed by atoms with Gasteiger partial charge < -0.3 is 11.5 Å². The summed E-state index contributed by atoms with van der Waals surface area (Å²) < 4.78 is 0. The van der Waals surface area contributed by atoms with E-state index in [2.05, 4.69) is 0 Å². The maximum Gasteiger partial charge on any atom is 0.232 e.